The fourth-order valence-corrected chi connectivity index (χ4v) is 4.06. The number of hydrogen-bond acceptors (Lipinski definition) is 5. The van der Waals surface area contributed by atoms with E-state index in [4.69, 9.17) is 9.72 Å². The van der Waals surface area contributed by atoms with Crippen molar-refractivity contribution in [3.63, 3.8) is 0 Å². The lowest BCUT2D eigenvalue weighted by molar-refractivity contribution is 0.0979. The van der Waals surface area contributed by atoms with Crippen LogP contribution in [-0.2, 0) is 13.1 Å². The Hall–Kier alpha value is -3.19. The fraction of sp³-hybridized carbons (Fsp3) is 0.227. The monoisotopic (exact) mass is 406 g/mol. The number of anilines is 1. The molecule has 0 atom stereocenters. The van der Waals surface area contributed by atoms with Crippen LogP contribution < -0.4 is 9.64 Å². The number of rotatable bonds is 7. The number of para-hydroxylation sites is 1. The molecule has 2 aromatic carbocycles. The number of ether oxygens (including phenoxy) is 1. The Bertz CT molecular complexity index is 1120. The largest absolute Gasteiger partial charge is 0.492 e. The van der Waals surface area contributed by atoms with E-state index in [9.17, 15) is 4.79 Å². The first-order chi connectivity index (χ1) is 14.2. The second-order valence-electron chi connectivity index (χ2n) is 6.47. The van der Waals surface area contributed by atoms with E-state index < -0.39 is 0 Å². The molecule has 2 aromatic heterocycles. The fourth-order valence-electron chi connectivity index (χ4n) is 3.08. The highest BCUT2D eigenvalue weighted by Crippen LogP contribution is 2.35. The third-order valence-electron chi connectivity index (χ3n) is 4.51. The van der Waals surface area contributed by atoms with Crippen LogP contribution in [0.5, 0.6) is 5.75 Å². The van der Waals surface area contributed by atoms with Gasteiger partial charge in [0.25, 0.3) is 5.91 Å². The number of amides is 1. The van der Waals surface area contributed by atoms with Crippen molar-refractivity contribution in [2.24, 2.45) is 0 Å². The molecule has 0 aliphatic rings. The van der Waals surface area contributed by atoms with Gasteiger partial charge in [-0.3, -0.25) is 14.4 Å². The van der Waals surface area contributed by atoms with E-state index in [1.807, 2.05) is 68.6 Å². The molecule has 4 rings (SSSR count). The van der Waals surface area contributed by atoms with Crippen LogP contribution in [0.1, 0.15) is 29.9 Å². The number of thiazole rings is 1. The molecule has 0 N–H and O–H groups in total. The van der Waals surface area contributed by atoms with E-state index in [-0.39, 0.29) is 5.91 Å². The Kier molecular flexibility index (Phi) is 5.57. The van der Waals surface area contributed by atoms with Gasteiger partial charge in [0.2, 0.25) is 0 Å². The van der Waals surface area contributed by atoms with E-state index in [0.717, 1.165) is 21.5 Å². The van der Waals surface area contributed by atoms with Crippen LogP contribution in [-0.4, -0.2) is 27.3 Å². The van der Waals surface area contributed by atoms with Crippen molar-refractivity contribution in [3.8, 4) is 5.75 Å². The normalized spacial score (nSPS) is 11.0. The van der Waals surface area contributed by atoms with Crippen LogP contribution >= 0.6 is 11.3 Å². The molecule has 0 saturated heterocycles. The maximum atomic E-state index is 13.4. The van der Waals surface area contributed by atoms with Crippen molar-refractivity contribution < 1.29 is 9.53 Å². The first-order valence-electron chi connectivity index (χ1n) is 9.61. The molecule has 4 aromatic rings. The summed E-state index contributed by atoms with van der Waals surface area (Å²) in [6, 6.07) is 17.5. The van der Waals surface area contributed by atoms with Crippen molar-refractivity contribution in [1.82, 2.24) is 14.8 Å². The molecule has 0 spiro atoms. The van der Waals surface area contributed by atoms with Gasteiger partial charge in [0.05, 0.1) is 17.9 Å². The Morgan fingerprint density at radius 2 is 1.93 bits per heavy atom. The Balaban J connectivity index is 1.76. The number of carbonyl (C=O) groups excluding carboxylic acids is 1. The van der Waals surface area contributed by atoms with Gasteiger partial charge in [-0.25, -0.2) is 4.98 Å². The molecule has 0 saturated carbocycles. The second-order valence-corrected chi connectivity index (χ2v) is 7.48. The van der Waals surface area contributed by atoms with Crippen LogP contribution in [0.3, 0.4) is 0 Å². The Labute approximate surface area is 173 Å². The highest BCUT2D eigenvalue weighted by Gasteiger charge is 2.24. The van der Waals surface area contributed by atoms with Crippen LogP contribution in [0.25, 0.3) is 10.2 Å². The first kappa shape index (κ1) is 19.1. The number of hydrogen-bond donors (Lipinski definition) is 0. The summed E-state index contributed by atoms with van der Waals surface area (Å²) in [7, 11) is 0. The summed E-state index contributed by atoms with van der Waals surface area (Å²) < 4.78 is 8.45. The predicted molar refractivity (Wildman–Crippen MR) is 116 cm³/mol. The number of carbonyl (C=O) groups is 1. The molecule has 6 nitrogen and oxygen atoms in total. The molecule has 0 aliphatic carbocycles. The molecule has 2 heterocycles. The highest BCUT2D eigenvalue weighted by molar-refractivity contribution is 7.22. The summed E-state index contributed by atoms with van der Waals surface area (Å²) in [5.74, 6) is 0.563. The van der Waals surface area contributed by atoms with Crippen LogP contribution in [0.4, 0.5) is 5.13 Å². The molecule has 0 fully saturated rings. The van der Waals surface area contributed by atoms with Crippen molar-refractivity contribution in [1.29, 1.82) is 0 Å². The zero-order chi connectivity index (χ0) is 20.2. The van der Waals surface area contributed by atoms with Gasteiger partial charge < -0.3 is 4.74 Å². The lowest BCUT2D eigenvalue weighted by atomic mass is 10.2. The highest BCUT2D eigenvalue weighted by atomic mass is 32.1. The smallest absolute Gasteiger partial charge is 0.280 e. The summed E-state index contributed by atoms with van der Waals surface area (Å²) in [4.78, 5) is 19.8. The van der Waals surface area contributed by atoms with E-state index in [2.05, 4.69) is 5.10 Å². The maximum absolute atomic E-state index is 13.4. The zero-order valence-electron chi connectivity index (χ0n) is 16.4. The van der Waals surface area contributed by atoms with Crippen molar-refractivity contribution >= 4 is 32.6 Å². The van der Waals surface area contributed by atoms with E-state index in [0.29, 0.717) is 30.5 Å². The van der Waals surface area contributed by atoms with E-state index >= 15 is 0 Å². The average molecular weight is 407 g/mol. The number of fused-ring (bicyclic) bond motifs is 1. The number of aryl methyl sites for hydroxylation is 1. The third-order valence-corrected chi connectivity index (χ3v) is 5.56. The SMILES string of the molecule is CCOc1cccc2sc(N(Cc3ccccc3)C(=O)c3ccn(CC)n3)nc12. The Morgan fingerprint density at radius 1 is 1.10 bits per heavy atom. The molecule has 148 valence electrons. The van der Waals surface area contributed by atoms with Gasteiger partial charge in [-0.15, -0.1) is 0 Å². The van der Waals surface area contributed by atoms with Gasteiger partial charge >= 0.3 is 0 Å². The van der Waals surface area contributed by atoms with Gasteiger partial charge in [-0.2, -0.15) is 5.10 Å². The van der Waals surface area contributed by atoms with E-state index in [1.54, 1.807) is 15.6 Å². The van der Waals surface area contributed by atoms with Crippen LogP contribution in [0.2, 0.25) is 0 Å². The van der Waals surface area contributed by atoms with Crippen molar-refractivity contribution in [2.75, 3.05) is 11.5 Å². The summed E-state index contributed by atoms with van der Waals surface area (Å²) in [6.07, 6.45) is 1.82. The lowest BCUT2D eigenvalue weighted by Gasteiger charge is -2.19. The van der Waals surface area contributed by atoms with Gasteiger partial charge in [-0.05, 0) is 37.6 Å². The minimum absolute atomic E-state index is 0.168. The topological polar surface area (TPSA) is 60.2 Å². The van der Waals surface area contributed by atoms with Gasteiger partial charge in [-0.1, -0.05) is 47.7 Å². The van der Waals surface area contributed by atoms with Crippen LogP contribution in [0, 0.1) is 0 Å². The number of nitrogens with zero attached hydrogens (tertiary/aromatic N) is 4. The number of aromatic nitrogens is 3. The third kappa shape index (κ3) is 4.00. The molecular weight excluding hydrogens is 384 g/mol. The summed E-state index contributed by atoms with van der Waals surface area (Å²) >= 11 is 1.48. The quantitative estimate of drug-likeness (QED) is 0.444. The molecule has 0 aliphatic heterocycles. The van der Waals surface area contributed by atoms with E-state index in [1.165, 1.54) is 11.3 Å². The van der Waals surface area contributed by atoms with Gasteiger partial charge in [0.15, 0.2) is 10.8 Å². The average Bonchev–Trinajstić information content (AvgIpc) is 3.40. The molecular formula is C22H22N4O2S. The minimum Gasteiger partial charge on any atom is -0.492 e. The van der Waals surface area contributed by atoms with Crippen molar-refractivity contribution in [2.45, 2.75) is 26.9 Å². The molecule has 0 bridgehead atoms. The lowest BCUT2D eigenvalue weighted by Crippen LogP contribution is -2.30. The second kappa shape index (κ2) is 8.45. The molecule has 29 heavy (non-hydrogen) atoms. The molecule has 7 heteroatoms. The summed E-state index contributed by atoms with van der Waals surface area (Å²) in [5.41, 5.74) is 2.21. The Morgan fingerprint density at radius 3 is 2.66 bits per heavy atom. The standard InChI is InChI=1S/C22H22N4O2S/c1-3-25-14-13-17(24-25)21(27)26(15-16-9-6-5-7-10-16)22-23-20-18(28-4-2)11-8-12-19(20)29-22/h5-14H,3-4,15H2,1-2H3. The van der Waals surface area contributed by atoms with Crippen molar-refractivity contribution in [3.05, 3.63) is 72.1 Å². The molecule has 1 amide bonds. The molecule has 0 radical (unpaired) electrons. The summed E-state index contributed by atoms with van der Waals surface area (Å²) in [5, 5.41) is 5.03. The minimum atomic E-state index is -0.168. The zero-order valence-corrected chi connectivity index (χ0v) is 17.2. The van der Waals surface area contributed by atoms with Gasteiger partial charge in [0.1, 0.15) is 11.3 Å². The first-order valence-corrected chi connectivity index (χ1v) is 10.4. The summed E-state index contributed by atoms with van der Waals surface area (Å²) in [6.45, 7) is 5.63. The predicted octanol–water partition coefficient (Wildman–Crippen LogP) is 4.76. The maximum Gasteiger partial charge on any atom is 0.280 e. The van der Waals surface area contributed by atoms with Gasteiger partial charge in [0, 0.05) is 12.7 Å². The number of benzene rings is 2. The van der Waals surface area contributed by atoms with Crippen LogP contribution in [0.15, 0.2) is 60.8 Å². The molecule has 0 unspecified atom stereocenters.